The second-order valence-corrected chi connectivity index (χ2v) is 6.37. The van der Waals surface area contributed by atoms with Crippen LogP contribution in [0.2, 0.25) is 0 Å². The number of thiazole rings is 1. The Kier molecular flexibility index (Phi) is 4.63. The third-order valence-electron chi connectivity index (χ3n) is 3.83. The van der Waals surface area contributed by atoms with Crippen LogP contribution in [0.1, 0.15) is 23.1 Å². The summed E-state index contributed by atoms with van der Waals surface area (Å²) in [7, 11) is 1.71. The van der Waals surface area contributed by atoms with Gasteiger partial charge in [0.15, 0.2) is 0 Å². The molecule has 118 valence electrons. The Labute approximate surface area is 140 Å². The topological polar surface area (TPSA) is 48.1 Å². The lowest BCUT2D eigenvalue weighted by atomic mass is 10.1. The summed E-state index contributed by atoms with van der Waals surface area (Å²) in [5.74, 6) is 0.919. The van der Waals surface area contributed by atoms with Gasteiger partial charge in [0.1, 0.15) is 5.75 Å². The van der Waals surface area contributed by atoms with Gasteiger partial charge in [0.2, 0.25) is 0 Å². The zero-order chi connectivity index (χ0) is 16.2. The number of anilines is 1. The van der Waals surface area contributed by atoms with Crippen LogP contribution >= 0.6 is 11.3 Å². The molecule has 2 N–H and O–H groups in total. The van der Waals surface area contributed by atoms with E-state index >= 15 is 0 Å². The Morgan fingerprint density at radius 3 is 2.78 bits per heavy atom. The van der Waals surface area contributed by atoms with Gasteiger partial charge in [-0.25, -0.2) is 4.98 Å². The number of rotatable bonds is 5. The molecule has 4 heteroatoms. The van der Waals surface area contributed by atoms with Crippen molar-refractivity contribution in [3.8, 4) is 17.0 Å². The smallest absolute Gasteiger partial charge is 0.122 e. The lowest BCUT2D eigenvalue weighted by Crippen LogP contribution is -1.95. The van der Waals surface area contributed by atoms with Crippen LogP contribution in [0.5, 0.6) is 5.75 Å². The number of nitrogens with two attached hydrogens (primary N) is 1. The number of nitrogen functional groups attached to an aromatic ring is 1. The van der Waals surface area contributed by atoms with Gasteiger partial charge in [-0.2, -0.15) is 0 Å². The summed E-state index contributed by atoms with van der Waals surface area (Å²) in [6.45, 7) is 2.16. The van der Waals surface area contributed by atoms with Crippen LogP contribution < -0.4 is 10.5 Å². The Bertz CT molecular complexity index is 811. The Balaban J connectivity index is 1.87. The van der Waals surface area contributed by atoms with E-state index in [9.17, 15) is 0 Å². The highest BCUT2D eigenvalue weighted by molar-refractivity contribution is 7.10. The maximum atomic E-state index is 5.86. The highest BCUT2D eigenvalue weighted by atomic mass is 32.1. The van der Waals surface area contributed by atoms with Gasteiger partial charge in [-0.3, -0.25) is 0 Å². The lowest BCUT2D eigenvalue weighted by molar-refractivity contribution is 0.410. The standard InChI is InChI=1S/C19H20N2OS/c1-3-13-7-8-18(22-2)15(9-13)11-19-21-17(12-23-19)14-5-4-6-16(20)10-14/h4-10,12H,3,11,20H2,1-2H3. The maximum Gasteiger partial charge on any atom is 0.122 e. The van der Waals surface area contributed by atoms with Crippen LogP contribution in [-0.2, 0) is 12.8 Å². The van der Waals surface area contributed by atoms with Crippen molar-refractivity contribution in [1.82, 2.24) is 4.98 Å². The van der Waals surface area contributed by atoms with E-state index in [1.807, 2.05) is 30.3 Å². The van der Waals surface area contributed by atoms with E-state index in [0.717, 1.165) is 40.5 Å². The summed E-state index contributed by atoms with van der Waals surface area (Å²) in [5, 5.41) is 3.16. The van der Waals surface area contributed by atoms with Crippen LogP contribution in [-0.4, -0.2) is 12.1 Å². The normalized spacial score (nSPS) is 10.7. The molecule has 0 spiro atoms. The molecule has 0 radical (unpaired) electrons. The second-order valence-electron chi connectivity index (χ2n) is 5.43. The lowest BCUT2D eigenvalue weighted by Gasteiger charge is -2.09. The van der Waals surface area contributed by atoms with E-state index in [1.54, 1.807) is 18.4 Å². The fourth-order valence-corrected chi connectivity index (χ4v) is 3.40. The number of hydrogen-bond donors (Lipinski definition) is 1. The van der Waals surface area contributed by atoms with Crippen molar-refractivity contribution in [1.29, 1.82) is 0 Å². The van der Waals surface area contributed by atoms with Gasteiger partial charge >= 0.3 is 0 Å². The predicted octanol–water partition coefficient (Wildman–Crippen LogP) is 4.55. The summed E-state index contributed by atoms with van der Waals surface area (Å²) in [6, 6.07) is 14.2. The van der Waals surface area contributed by atoms with E-state index in [2.05, 4.69) is 24.4 Å². The molecular formula is C19H20N2OS. The number of hydrogen-bond acceptors (Lipinski definition) is 4. The predicted molar refractivity (Wildman–Crippen MR) is 97.1 cm³/mol. The van der Waals surface area contributed by atoms with Gasteiger partial charge in [-0.15, -0.1) is 11.3 Å². The van der Waals surface area contributed by atoms with Crippen molar-refractivity contribution in [2.45, 2.75) is 19.8 Å². The average molecular weight is 324 g/mol. The number of nitrogens with zero attached hydrogens (tertiary/aromatic N) is 1. The van der Waals surface area contributed by atoms with E-state index in [1.165, 1.54) is 11.1 Å². The van der Waals surface area contributed by atoms with Gasteiger partial charge in [-0.1, -0.05) is 31.2 Å². The third-order valence-corrected chi connectivity index (χ3v) is 4.68. The molecule has 0 aliphatic carbocycles. The minimum Gasteiger partial charge on any atom is -0.496 e. The summed E-state index contributed by atoms with van der Waals surface area (Å²) in [5.41, 5.74) is 11.1. The van der Waals surface area contributed by atoms with Gasteiger partial charge < -0.3 is 10.5 Å². The summed E-state index contributed by atoms with van der Waals surface area (Å²) in [6.07, 6.45) is 1.80. The quantitative estimate of drug-likeness (QED) is 0.700. The second kappa shape index (κ2) is 6.84. The van der Waals surface area contributed by atoms with Crippen LogP contribution in [0.3, 0.4) is 0 Å². The maximum absolute atomic E-state index is 5.86. The summed E-state index contributed by atoms with van der Waals surface area (Å²) in [4.78, 5) is 4.76. The molecule has 0 aliphatic rings. The Morgan fingerprint density at radius 1 is 1.17 bits per heavy atom. The molecule has 0 aliphatic heterocycles. The number of aryl methyl sites for hydroxylation is 1. The van der Waals surface area contributed by atoms with Gasteiger partial charge in [0.25, 0.3) is 0 Å². The first kappa shape index (κ1) is 15.6. The molecule has 23 heavy (non-hydrogen) atoms. The van der Waals surface area contributed by atoms with Crippen LogP contribution in [0.15, 0.2) is 47.8 Å². The Morgan fingerprint density at radius 2 is 2.04 bits per heavy atom. The third kappa shape index (κ3) is 3.54. The average Bonchev–Trinajstić information content (AvgIpc) is 3.03. The van der Waals surface area contributed by atoms with Crippen molar-refractivity contribution < 1.29 is 4.74 Å². The van der Waals surface area contributed by atoms with Crippen molar-refractivity contribution in [3.05, 3.63) is 64.0 Å². The molecule has 0 saturated heterocycles. The van der Waals surface area contributed by atoms with Crippen molar-refractivity contribution in [2.24, 2.45) is 0 Å². The van der Waals surface area contributed by atoms with E-state index < -0.39 is 0 Å². The van der Waals surface area contributed by atoms with Crippen molar-refractivity contribution in [2.75, 3.05) is 12.8 Å². The SMILES string of the molecule is CCc1ccc(OC)c(Cc2nc(-c3cccc(N)c3)cs2)c1. The molecule has 0 unspecified atom stereocenters. The first-order chi connectivity index (χ1) is 11.2. The first-order valence-electron chi connectivity index (χ1n) is 7.65. The highest BCUT2D eigenvalue weighted by Gasteiger charge is 2.10. The van der Waals surface area contributed by atoms with Crippen LogP contribution in [0, 0.1) is 0 Å². The molecule has 1 heterocycles. The molecule has 0 bridgehead atoms. The molecule has 0 atom stereocenters. The highest BCUT2D eigenvalue weighted by Crippen LogP contribution is 2.28. The number of benzene rings is 2. The van der Waals surface area contributed by atoms with E-state index in [0.29, 0.717) is 0 Å². The largest absolute Gasteiger partial charge is 0.496 e. The van der Waals surface area contributed by atoms with E-state index in [-0.39, 0.29) is 0 Å². The summed E-state index contributed by atoms with van der Waals surface area (Å²) < 4.78 is 5.48. The van der Waals surface area contributed by atoms with Gasteiger partial charge in [-0.05, 0) is 30.2 Å². The fourth-order valence-electron chi connectivity index (χ4n) is 2.58. The van der Waals surface area contributed by atoms with E-state index in [4.69, 9.17) is 15.5 Å². The fraction of sp³-hybridized carbons (Fsp3) is 0.211. The molecule has 0 fully saturated rings. The molecule has 3 aromatic rings. The molecule has 0 amide bonds. The van der Waals surface area contributed by atoms with Crippen LogP contribution in [0.25, 0.3) is 11.3 Å². The molecule has 2 aromatic carbocycles. The van der Waals surface area contributed by atoms with Gasteiger partial charge in [0.05, 0.1) is 17.8 Å². The van der Waals surface area contributed by atoms with Crippen molar-refractivity contribution in [3.63, 3.8) is 0 Å². The molecular weight excluding hydrogens is 304 g/mol. The van der Waals surface area contributed by atoms with Crippen LogP contribution in [0.4, 0.5) is 5.69 Å². The first-order valence-corrected chi connectivity index (χ1v) is 8.53. The number of ether oxygens (including phenoxy) is 1. The molecule has 1 aromatic heterocycles. The number of aromatic nitrogens is 1. The monoisotopic (exact) mass is 324 g/mol. The zero-order valence-electron chi connectivity index (χ0n) is 13.4. The number of methoxy groups -OCH3 is 1. The summed E-state index contributed by atoms with van der Waals surface area (Å²) >= 11 is 1.67. The molecule has 0 saturated carbocycles. The van der Waals surface area contributed by atoms with Crippen molar-refractivity contribution >= 4 is 17.0 Å². The molecule has 3 rings (SSSR count). The molecule has 3 nitrogen and oxygen atoms in total. The minimum absolute atomic E-state index is 0.759. The Hall–Kier alpha value is -2.33. The van der Waals surface area contributed by atoms with Gasteiger partial charge in [0, 0.05) is 28.6 Å². The minimum atomic E-state index is 0.759. The zero-order valence-corrected chi connectivity index (χ0v) is 14.2.